The summed E-state index contributed by atoms with van der Waals surface area (Å²) in [6, 6.07) is 19.6. The van der Waals surface area contributed by atoms with Crippen molar-refractivity contribution in [1.82, 2.24) is 9.29 Å². The molecule has 1 aromatic heterocycles. The zero-order valence-corrected chi connectivity index (χ0v) is 21.5. The Hall–Kier alpha value is -2.94. The van der Waals surface area contributed by atoms with E-state index >= 15 is 0 Å². The Kier molecular flexibility index (Phi) is 6.93. The number of nitrogens with zero attached hydrogens (tertiary/aromatic N) is 1. The Labute approximate surface area is 207 Å². The van der Waals surface area contributed by atoms with E-state index < -0.39 is 10.0 Å². The lowest BCUT2D eigenvalue weighted by atomic mass is 10.0. The van der Waals surface area contributed by atoms with Gasteiger partial charge in [0.2, 0.25) is 10.0 Å². The van der Waals surface area contributed by atoms with Crippen molar-refractivity contribution in [2.45, 2.75) is 31.8 Å². The third-order valence-electron chi connectivity index (χ3n) is 5.95. The van der Waals surface area contributed by atoms with Gasteiger partial charge < -0.3 is 9.72 Å². The van der Waals surface area contributed by atoms with Crippen molar-refractivity contribution in [2.75, 3.05) is 7.11 Å². The third-order valence-corrected chi connectivity index (χ3v) is 8.75. The van der Waals surface area contributed by atoms with Crippen molar-refractivity contribution in [1.29, 1.82) is 0 Å². The lowest BCUT2D eigenvalue weighted by molar-refractivity contribution is 0.398. The van der Waals surface area contributed by atoms with Gasteiger partial charge in [0.05, 0.1) is 17.5 Å². The fraction of sp³-hybridized carbons (Fsp3) is 0.192. The summed E-state index contributed by atoms with van der Waals surface area (Å²) < 4.78 is 34.4. The largest absolute Gasteiger partial charge is 0.497 e. The number of hydrogen-bond donors (Lipinski definition) is 1. The predicted molar refractivity (Wildman–Crippen MR) is 138 cm³/mol. The number of sulfonamides is 1. The molecule has 0 aliphatic heterocycles. The maximum absolute atomic E-state index is 13.7. The molecule has 0 atom stereocenters. The normalized spacial score (nSPS) is 11.8. The quantitative estimate of drug-likeness (QED) is 0.344. The molecule has 4 rings (SSSR count). The standard InChI is InChI=1S/C26H25BrN2O4S/c1-17-8-11-20-14-21(26(30)28-25(20)18(17)2)16-29(15-19-9-12-22(33-3)13-10-19)34(31,32)24-7-5-4-6-23(24)27/h4-14H,15-16H2,1-3H3,(H,28,30). The minimum absolute atomic E-state index is 0.0755. The number of H-pyrrole nitrogens is 1. The number of benzene rings is 3. The number of aromatic nitrogens is 1. The lowest BCUT2D eigenvalue weighted by Crippen LogP contribution is -2.32. The maximum atomic E-state index is 13.7. The highest BCUT2D eigenvalue weighted by molar-refractivity contribution is 9.10. The van der Waals surface area contributed by atoms with Gasteiger partial charge in [-0.15, -0.1) is 0 Å². The monoisotopic (exact) mass is 540 g/mol. The van der Waals surface area contributed by atoms with E-state index in [9.17, 15) is 13.2 Å². The molecule has 8 heteroatoms. The summed E-state index contributed by atoms with van der Waals surface area (Å²) in [6.45, 7) is 3.97. The molecule has 0 amide bonds. The molecule has 0 fully saturated rings. The molecule has 6 nitrogen and oxygen atoms in total. The minimum Gasteiger partial charge on any atom is -0.497 e. The van der Waals surface area contributed by atoms with Gasteiger partial charge in [0.15, 0.2) is 0 Å². The average Bonchev–Trinajstić information content (AvgIpc) is 2.82. The Balaban J connectivity index is 1.79. The van der Waals surface area contributed by atoms with Crippen LogP contribution in [0.3, 0.4) is 0 Å². The lowest BCUT2D eigenvalue weighted by Gasteiger charge is -2.23. The number of nitrogens with one attached hydrogen (secondary N) is 1. The SMILES string of the molecule is COc1ccc(CN(Cc2cc3ccc(C)c(C)c3[nH]c2=O)S(=O)(=O)c2ccccc2Br)cc1. The number of fused-ring (bicyclic) bond motifs is 1. The van der Waals surface area contributed by atoms with Crippen LogP contribution >= 0.6 is 15.9 Å². The Morgan fingerprint density at radius 1 is 0.971 bits per heavy atom. The molecule has 0 spiro atoms. The van der Waals surface area contributed by atoms with Crippen LogP contribution in [0.2, 0.25) is 0 Å². The second kappa shape index (κ2) is 9.74. The highest BCUT2D eigenvalue weighted by Gasteiger charge is 2.28. The number of aromatic amines is 1. The fourth-order valence-electron chi connectivity index (χ4n) is 3.83. The van der Waals surface area contributed by atoms with E-state index in [2.05, 4.69) is 20.9 Å². The van der Waals surface area contributed by atoms with Crippen molar-refractivity contribution in [3.63, 3.8) is 0 Å². The Bertz CT molecular complexity index is 1510. The van der Waals surface area contributed by atoms with Crippen LogP contribution in [0.5, 0.6) is 5.75 Å². The van der Waals surface area contributed by atoms with Crippen LogP contribution in [-0.4, -0.2) is 24.8 Å². The molecule has 176 valence electrons. The fourth-order valence-corrected chi connectivity index (χ4v) is 6.20. The molecule has 0 aliphatic rings. The molecule has 0 saturated heterocycles. The van der Waals surface area contributed by atoms with Crippen LogP contribution in [0.25, 0.3) is 10.9 Å². The van der Waals surface area contributed by atoms with E-state index in [1.807, 2.05) is 38.1 Å². The highest BCUT2D eigenvalue weighted by atomic mass is 79.9. The van der Waals surface area contributed by atoms with Crippen molar-refractivity contribution >= 4 is 36.9 Å². The third kappa shape index (κ3) is 4.80. The molecule has 34 heavy (non-hydrogen) atoms. The topological polar surface area (TPSA) is 79.5 Å². The zero-order chi connectivity index (χ0) is 24.5. The molecular formula is C26H25BrN2O4S. The van der Waals surface area contributed by atoms with E-state index in [1.165, 1.54) is 4.31 Å². The number of rotatable bonds is 7. The van der Waals surface area contributed by atoms with E-state index in [1.54, 1.807) is 49.6 Å². The smallest absolute Gasteiger partial charge is 0.252 e. The molecule has 0 bridgehead atoms. The molecule has 0 aliphatic carbocycles. The zero-order valence-electron chi connectivity index (χ0n) is 19.1. The summed E-state index contributed by atoms with van der Waals surface area (Å²) in [7, 11) is -2.35. The summed E-state index contributed by atoms with van der Waals surface area (Å²) in [6.07, 6.45) is 0. The summed E-state index contributed by atoms with van der Waals surface area (Å²) in [5.74, 6) is 0.681. The van der Waals surface area contributed by atoms with E-state index in [0.29, 0.717) is 15.8 Å². The number of ether oxygens (including phenoxy) is 1. The minimum atomic E-state index is -3.93. The maximum Gasteiger partial charge on any atom is 0.252 e. The van der Waals surface area contributed by atoms with Gasteiger partial charge in [-0.25, -0.2) is 8.42 Å². The molecular weight excluding hydrogens is 516 g/mol. The second-order valence-corrected chi connectivity index (χ2v) is 10.9. The molecule has 0 unspecified atom stereocenters. The summed E-state index contributed by atoms with van der Waals surface area (Å²) in [5, 5.41) is 0.861. The highest BCUT2D eigenvalue weighted by Crippen LogP contribution is 2.28. The number of hydrogen-bond acceptors (Lipinski definition) is 4. The first-order chi connectivity index (χ1) is 16.2. The van der Waals surface area contributed by atoms with E-state index in [-0.39, 0.29) is 23.5 Å². The molecule has 4 aromatic rings. The Morgan fingerprint density at radius 2 is 1.68 bits per heavy atom. The second-order valence-electron chi connectivity index (χ2n) is 8.15. The van der Waals surface area contributed by atoms with Gasteiger partial charge in [-0.1, -0.05) is 36.4 Å². The van der Waals surface area contributed by atoms with Crippen molar-refractivity contribution in [3.05, 3.63) is 104 Å². The number of halogens is 1. The molecule has 0 saturated carbocycles. The van der Waals surface area contributed by atoms with Gasteiger partial charge in [-0.3, -0.25) is 4.79 Å². The molecule has 3 aromatic carbocycles. The first-order valence-electron chi connectivity index (χ1n) is 10.7. The molecule has 1 N–H and O–H groups in total. The van der Waals surface area contributed by atoms with Gasteiger partial charge in [-0.2, -0.15) is 4.31 Å². The van der Waals surface area contributed by atoms with Crippen molar-refractivity contribution < 1.29 is 13.2 Å². The molecule has 1 heterocycles. The van der Waals surface area contributed by atoms with Gasteiger partial charge in [0.25, 0.3) is 5.56 Å². The number of pyridine rings is 1. The number of methoxy groups -OCH3 is 1. The van der Waals surface area contributed by atoms with Crippen LogP contribution in [0.1, 0.15) is 22.3 Å². The van der Waals surface area contributed by atoms with Crippen LogP contribution in [0.4, 0.5) is 0 Å². The van der Waals surface area contributed by atoms with Crippen LogP contribution in [0, 0.1) is 13.8 Å². The summed E-state index contributed by atoms with van der Waals surface area (Å²) >= 11 is 3.36. The summed E-state index contributed by atoms with van der Waals surface area (Å²) in [5.41, 5.74) is 3.69. The molecule has 0 radical (unpaired) electrons. The van der Waals surface area contributed by atoms with Crippen LogP contribution < -0.4 is 10.3 Å². The predicted octanol–water partition coefficient (Wildman–Crippen LogP) is 5.31. The summed E-state index contributed by atoms with van der Waals surface area (Å²) in [4.78, 5) is 16.1. The van der Waals surface area contributed by atoms with Gasteiger partial charge in [0.1, 0.15) is 5.75 Å². The van der Waals surface area contributed by atoms with E-state index in [0.717, 1.165) is 27.6 Å². The van der Waals surface area contributed by atoms with Gasteiger partial charge in [-0.05, 0) is 82.2 Å². The van der Waals surface area contributed by atoms with Gasteiger partial charge in [0, 0.05) is 23.1 Å². The number of aryl methyl sites for hydroxylation is 2. The van der Waals surface area contributed by atoms with Crippen molar-refractivity contribution in [2.24, 2.45) is 0 Å². The van der Waals surface area contributed by atoms with Crippen molar-refractivity contribution in [3.8, 4) is 5.75 Å². The first kappa shape index (κ1) is 24.2. The van der Waals surface area contributed by atoms with Gasteiger partial charge >= 0.3 is 0 Å². The van der Waals surface area contributed by atoms with Crippen LogP contribution in [0.15, 0.2) is 80.9 Å². The average molecular weight is 541 g/mol. The first-order valence-corrected chi connectivity index (χ1v) is 12.9. The Morgan fingerprint density at radius 3 is 2.35 bits per heavy atom. The van der Waals surface area contributed by atoms with E-state index in [4.69, 9.17) is 4.74 Å². The van der Waals surface area contributed by atoms with Crippen LogP contribution in [-0.2, 0) is 23.1 Å².